The topological polar surface area (TPSA) is 66.4 Å². The fourth-order valence-corrected chi connectivity index (χ4v) is 1.27. The molecule has 0 saturated carbocycles. The zero-order valence-electron chi connectivity index (χ0n) is 7.44. The fourth-order valence-electron chi connectivity index (χ4n) is 0.721. The van der Waals surface area contributed by atoms with Crippen molar-refractivity contribution in [1.82, 2.24) is 0 Å². The maximum absolute atomic E-state index is 10.1. The maximum atomic E-state index is 10.1. The van der Waals surface area contributed by atoms with Gasteiger partial charge in [-0.1, -0.05) is 28.1 Å². The molecule has 0 saturated heterocycles. The average molecular weight is 289 g/mol. The van der Waals surface area contributed by atoms with Crippen LogP contribution in [0.4, 0.5) is 0 Å². The zero-order chi connectivity index (χ0) is 9.90. The van der Waals surface area contributed by atoms with E-state index in [1.54, 1.807) is 24.3 Å². The van der Waals surface area contributed by atoms with Crippen LogP contribution in [0, 0.1) is 0 Å². The van der Waals surface area contributed by atoms with Gasteiger partial charge >= 0.3 is 29.6 Å². The molecule has 0 aliphatic heterocycles. The van der Waals surface area contributed by atoms with E-state index in [1.807, 2.05) is 0 Å². The summed E-state index contributed by atoms with van der Waals surface area (Å²) in [6, 6.07) is 6.79. The van der Waals surface area contributed by atoms with Gasteiger partial charge in [0.2, 0.25) is 10.4 Å². The normalized spacial score (nSPS) is 10.7. The van der Waals surface area contributed by atoms with Crippen LogP contribution >= 0.6 is 15.9 Å². The first-order chi connectivity index (χ1) is 5.97. The molecule has 72 valence electrons. The van der Waals surface area contributed by atoms with E-state index in [0.29, 0.717) is 5.56 Å². The van der Waals surface area contributed by atoms with Gasteiger partial charge in [0.25, 0.3) is 0 Å². The van der Waals surface area contributed by atoms with E-state index in [-0.39, 0.29) is 36.2 Å². The summed E-state index contributed by atoms with van der Waals surface area (Å²) in [6.45, 7) is -0.223. The molecule has 7 heteroatoms. The predicted octanol–water partition coefficient (Wildman–Crippen LogP) is -1.57. The van der Waals surface area contributed by atoms with E-state index in [1.165, 1.54) is 0 Å². The average Bonchev–Trinajstić information content (AvgIpc) is 2.02. The summed E-state index contributed by atoms with van der Waals surface area (Å²) in [5.74, 6) is 0. The van der Waals surface area contributed by atoms with E-state index in [4.69, 9.17) is 0 Å². The Morgan fingerprint density at radius 1 is 1.29 bits per heavy atom. The number of hydrogen-bond donors (Lipinski definition) is 0. The maximum Gasteiger partial charge on any atom is 1.00 e. The summed E-state index contributed by atoms with van der Waals surface area (Å²) < 4.78 is 35.2. The minimum Gasteiger partial charge on any atom is -0.726 e. The quantitative estimate of drug-likeness (QED) is 0.383. The molecular weight excluding hydrogens is 283 g/mol. The second kappa shape index (κ2) is 6.22. The molecule has 0 N–H and O–H groups in total. The minimum absolute atomic E-state index is 0. The molecule has 0 fully saturated rings. The van der Waals surface area contributed by atoms with Gasteiger partial charge in [0, 0.05) is 4.47 Å². The largest absolute Gasteiger partial charge is 1.00 e. The van der Waals surface area contributed by atoms with Gasteiger partial charge in [0.05, 0.1) is 6.61 Å². The second-order valence-electron chi connectivity index (χ2n) is 2.30. The van der Waals surface area contributed by atoms with Gasteiger partial charge in [-0.2, -0.15) is 0 Å². The second-order valence-corrected chi connectivity index (χ2v) is 4.26. The van der Waals surface area contributed by atoms with Gasteiger partial charge in [0.1, 0.15) is 0 Å². The third-order valence-corrected chi connectivity index (χ3v) is 2.22. The third-order valence-electron chi connectivity index (χ3n) is 1.28. The van der Waals surface area contributed by atoms with E-state index in [0.717, 1.165) is 4.47 Å². The summed E-state index contributed by atoms with van der Waals surface area (Å²) in [7, 11) is -4.59. The van der Waals surface area contributed by atoms with Crippen LogP contribution in [-0.4, -0.2) is 13.0 Å². The molecule has 1 rings (SSSR count). The van der Waals surface area contributed by atoms with Crippen LogP contribution in [0.25, 0.3) is 0 Å². The number of hydrogen-bond acceptors (Lipinski definition) is 4. The van der Waals surface area contributed by atoms with Crippen LogP contribution in [0.15, 0.2) is 28.7 Å². The Kier molecular flexibility index (Phi) is 6.47. The molecule has 1 aromatic carbocycles. The smallest absolute Gasteiger partial charge is 0.726 e. The van der Waals surface area contributed by atoms with Gasteiger partial charge in [-0.05, 0) is 17.7 Å². The first-order valence-corrected chi connectivity index (χ1v) is 5.45. The van der Waals surface area contributed by atoms with Crippen LogP contribution in [0.2, 0.25) is 0 Å². The Morgan fingerprint density at radius 2 is 1.79 bits per heavy atom. The standard InChI is InChI=1S/C7H7BrO4S.Na/c8-7-3-1-6(2-4-7)5-12-13(9,10)11;/h1-4H,5H2,(H,9,10,11);/q;+1/p-1. The molecule has 1 aromatic rings. The Hall–Kier alpha value is 0.570. The van der Waals surface area contributed by atoms with Crippen LogP contribution in [-0.2, 0) is 21.2 Å². The number of halogens is 1. The van der Waals surface area contributed by atoms with Crippen molar-refractivity contribution in [1.29, 1.82) is 0 Å². The third kappa shape index (κ3) is 6.13. The zero-order valence-corrected chi connectivity index (χ0v) is 11.8. The number of benzene rings is 1. The molecule has 4 nitrogen and oxygen atoms in total. The molecule has 14 heavy (non-hydrogen) atoms. The molecule has 0 amide bonds. The van der Waals surface area contributed by atoms with E-state index in [2.05, 4.69) is 20.1 Å². The number of rotatable bonds is 3. The molecule has 0 bridgehead atoms. The molecule has 0 spiro atoms. The molecule has 0 aliphatic carbocycles. The fraction of sp³-hybridized carbons (Fsp3) is 0.143. The van der Waals surface area contributed by atoms with Crippen LogP contribution in [0.3, 0.4) is 0 Å². The van der Waals surface area contributed by atoms with E-state index in [9.17, 15) is 13.0 Å². The van der Waals surface area contributed by atoms with E-state index < -0.39 is 10.4 Å². The van der Waals surface area contributed by atoms with Crippen molar-refractivity contribution in [3.63, 3.8) is 0 Å². The monoisotopic (exact) mass is 288 g/mol. The molecule has 0 atom stereocenters. The molecule has 0 aromatic heterocycles. The summed E-state index contributed by atoms with van der Waals surface area (Å²) in [5.41, 5.74) is 0.627. The van der Waals surface area contributed by atoms with Crippen molar-refractivity contribution in [3.05, 3.63) is 34.3 Å². The Balaban J connectivity index is 0.00000169. The first-order valence-electron chi connectivity index (χ1n) is 3.32. The van der Waals surface area contributed by atoms with Crippen molar-refractivity contribution < 1.29 is 46.7 Å². The van der Waals surface area contributed by atoms with Crippen LogP contribution < -0.4 is 29.6 Å². The van der Waals surface area contributed by atoms with Crippen molar-refractivity contribution >= 4 is 26.3 Å². The molecule has 0 aliphatic rings. The van der Waals surface area contributed by atoms with Crippen molar-refractivity contribution in [3.8, 4) is 0 Å². The summed E-state index contributed by atoms with van der Waals surface area (Å²) in [4.78, 5) is 0. The summed E-state index contributed by atoms with van der Waals surface area (Å²) in [6.07, 6.45) is 0. The van der Waals surface area contributed by atoms with Crippen molar-refractivity contribution in [2.45, 2.75) is 6.61 Å². The molecule has 0 radical (unpaired) electrons. The van der Waals surface area contributed by atoms with Crippen molar-refractivity contribution in [2.75, 3.05) is 0 Å². The van der Waals surface area contributed by atoms with Crippen LogP contribution in [0.1, 0.15) is 5.56 Å². The van der Waals surface area contributed by atoms with E-state index >= 15 is 0 Å². The molecule has 0 heterocycles. The van der Waals surface area contributed by atoms with Crippen LogP contribution in [0.5, 0.6) is 0 Å². The Labute approximate surface area is 113 Å². The van der Waals surface area contributed by atoms with Gasteiger partial charge in [-0.3, -0.25) is 4.18 Å². The SMILES string of the molecule is O=S(=O)([O-])OCc1ccc(Br)cc1.[Na+]. The van der Waals surface area contributed by atoms with Gasteiger partial charge < -0.3 is 4.55 Å². The Bertz CT molecular complexity index is 375. The van der Waals surface area contributed by atoms with Gasteiger partial charge in [-0.15, -0.1) is 0 Å². The molecular formula is C7H6BrNaO4S. The predicted molar refractivity (Wildman–Crippen MR) is 48.6 cm³/mol. The first kappa shape index (κ1) is 14.6. The van der Waals surface area contributed by atoms with Gasteiger partial charge in [-0.25, -0.2) is 8.42 Å². The minimum atomic E-state index is -4.59. The molecule has 0 unspecified atom stereocenters. The summed E-state index contributed by atoms with van der Waals surface area (Å²) in [5, 5.41) is 0. The van der Waals surface area contributed by atoms with Crippen molar-refractivity contribution in [2.24, 2.45) is 0 Å². The van der Waals surface area contributed by atoms with Gasteiger partial charge in [0.15, 0.2) is 0 Å². The summed E-state index contributed by atoms with van der Waals surface area (Å²) >= 11 is 3.22. The Morgan fingerprint density at radius 3 is 2.21 bits per heavy atom.